The number of carbonyl (C=O) groups is 1. The van der Waals surface area contributed by atoms with E-state index in [0.29, 0.717) is 23.2 Å². The first-order valence-electron chi connectivity index (χ1n) is 11.8. The maximum Gasteiger partial charge on any atom is 0.253 e. The number of benzene rings is 1. The minimum Gasteiger partial charge on any atom is -0.368 e. The molecule has 2 unspecified atom stereocenters. The Morgan fingerprint density at radius 1 is 1.18 bits per heavy atom. The van der Waals surface area contributed by atoms with Gasteiger partial charge in [0, 0.05) is 53.7 Å². The van der Waals surface area contributed by atoms with E-state index < -0.39 is 5.82 Å². The molecule has 1 aromatic heterocycles. The molecule has 7 heteroatoms. The predicted molar refractivity (Wildman–Crippen MR) is 132 cm³/mol. The quantitative estimate of drug-likeness (QED) is 0.688. The number of hydrogen-bond donors (Lipinski definition) is 2. The lowest BCUT2D eigenvalue weighted by Gasteiger charge is -2.45. The zero-order valence-electron chi connectivity index (χ0n) is 20.9. The third-order valence-electron chi connectivity index (χ3n) is 7.22. The minimum atomic E-state index is -0.433. The largest absolute Gasteiger partial charge is 0.368 e. The summed E-state index contributed by atoms with van der Waals surface area (Å²) in [7, 11) is 2.15. The van der Waals surface area contributed by atoms with E-state index in [1.807, 2.05) is 26.8 Å². The zero-order valence-corrected chi connectivity index (χ0v) is 20.9. The molecule has 3 rings (SSSR count). The Labute approximate surface area is 196 Å². The Bertz CT molecular complexity index is 1070. The number of amides is 1. The number of nitrogens with one attached hydrogen (secondary N) is 2. The van der Waals surface area contributed by atoms with Crippen molar-refractivity contribution in [3.8, 4) is 0 Å². The molecular formula is C26H37FN4O2. The van der Waals surface area contributed by atoms with Crippen LogP contribution in [-0.2, 0) is 6.54 Å². The fourth-order valence-corrected chi connectivity index (χ4v) is 5.09. The lowest BCUT2D eigenvalue weighted by atomic mass is 9.91. The molecule has 1 fully saturated rings. The number of rotatable bonds is 6. The fraction of sp³-hybridized carbons (Fsp3) is 0.538. The average Bonchev–Trinajstić information content (AvgIpc) is 2.73. The summed E-state index contributed by atoms with van der Waals surface area (Å²) in [4.78, 5) is 32.7. The van der Waals surface area contributed by atoms with Crippen molar-refractivity contribution < 1.29 is 9.18 Å². The molecule has 2 N–H and O–H groups in total. The van der Waals surface area contributed by atoms with E-state index in [1.54, 1.807) is 0 Å². The van der Waals surface area contributed by atoms with Gasteiger partial charge in [-0.2, -0.15) is 0 Å². The van der Waals surface area contributed by atoms with Gasteiger partial charge in [0.2, 0.25) is 0 Å². The van der Waals surface area contributed by atoms with Gasteiger partial charge in [0.1, 0.15) is 5.82 Å². The van der Waals surface area contributed by atoms with Crippen LogP contribution in [0, 0.1) is 26.6 Å². The summed E-state index contributed by atoms with van der Waals surface area (Å²) in [6, 6.07) is 5.84. The van der Waals surface area contributed by atoms with Crippen LogP contribution in [0.4, 0.5) is 10.1 Å². The molecule has 0 aliphatic carbocycles. The molecule has 180 valence electrons. The van der Waals surface area contributed by atoms with E-state index in [-0.39, 0.29) is 24.1 Å². The lowest BCUT2D eigenvalue weighted by molar-refractivity contribution is 0.0949. The number of H-pyrrole nitrogens is 1. The summed E-state index contributed by atoms with van der Waals surface area (Å²) in [5.41, 5.74) is 3.70. The van der Waals surface area contributed by atoms with Gasteiger partial charge in [-0.1, -0.05) is 0 Å². The Morgan fingerprint density at radius 3 is 2.39 bits per heavy atom. The monoisotopic (exact) mass is 456 g/mol. The number of likely N-dealkylation sites (tertiary alicyclic amines) is 1. The second-order valence-corrected chi connectivity index (χ2v) is 9.50. The molecule has 0 bridgehead atoms. The summed E-state index contributed by atoms with van der Waals surface area (Å²) in [6.07, 6.45) is 1.98. The minimum absolute atomic E-state index is 0.0903. The molecule has 0 radical (unpaired) electrons. The lowest BCUT2D eigenvalue weighted by Crippen LogP contribution is -2.51. The number of hydrogen-bond acceptors (Lipinski definition) is 4. The van der Waals surface area contributed by atoms with Gasteiger partial charge in [0.25, 0.3) is 11.5 Å². The van der Waals surface area contributed by atoms with Crippen LogP contribution in [-0.4, -0.2) is 47.5 Å². The number of nitrogens with zero attached hydrogens (tertiary/aromatic N) is 2. The number of aromatic nitrogens is 1. The normalized spacial score (nSPS) is 21.2. The van der Waals surface area contributed by atoms with Gasteiger partial charge >= 0.3 is 0 Å². The molecule has 0 saturated carbocycles. The highest BCUT2D eigenvalue weighted by molar-refractivity contribution is 5.97. The van der Waals surface area contributed by atoms with Crippen LogP contribution in [0.5, 0.6) is 0 Å². The molecule has 1 aliphatic heterocycles. The van der Waals surface area contributed by atoms with Crippen LogP contribution >= 0.6 is 0 Å². The van der Waals surface area contributed by atoms with Gasteiger partial charge in [-0.15, -0.1) is 0 Å². The van der Waals surface area contributed by atoms with E-state index in [9.17, 15) is 14.0 Å². The fourth-order valence-electron chi connectivity index (χ4n) is 5.09. The Morgan fingerprint density at radius 2 is 1.82 bits per heavy atom. The highest BCUT2D eigenvalue weighted by Crippen LogP contribution is 2.32. The van der Waals surface area contributed by atoms with Crippen LogP contribution in [0.15, 0.2) is 23.0 Å². The molecule has 1 amide bonds. The number of pyridine rings is 1. The predicted octanol–water partition coefficient (Wildman–Crippen LogP) is 4.07. The summed E-state index contributed by atoms with van der Waals surface area (Å²) in [6.45, 7) is 12.9. The average molecular weight is 457 g/mol. The first kappa shape index (κ1) is 25.0. The van der Waals surface area contributed by atoms with Crippen molar-refractivity contribution in [1.29, 1.82) is 0 Å². The Balaban J connectivity index is 1.87. The van der Waals surface area contributed by atoms with Crippen LogP contribution in [0.2, 0.25) is 0 Å². The van der Waals surface area contributed by atoms with Gasteiger partial charge in [-0.05, 0) is 90.8 Å². The summed E-state index contributed by atoms with van der Waals surface area (Å²) < 4.78 is 14.7. The van der Waals surface area contributed by atoms with Crippen molar-refractivity contribution in [2.75, 3.05) is 18.5 Å². The van der Waals surface area contributed by atoms with Crippen LogP contribution < -0.4 is 15.8 Å². The van der Waals surface area contributed by atoms with Crippen LogP contribution in [0.1, 0.15) is 66.4 Å². The molecule has 2 heterocycles. The summed E-state index contributed by atoms with van der Waals surface area (Å²) in [5, 5.41) is 2.82. The standard InChI is InChI=1S/C26H37FN4O2/c1-8-31(21-10-17(4)30(7)18(5)11-21)24-13-20(27)12-22(19(24)6)25(32)28-14-23-15(2)9-16(3)29-26(23)33/h9,12-13,17-18,21H,8,10-11,14H2,1-7H3,(H,28,32)(H,29,33). The van der Waals surface area contributed by atoms with Crippen molar-refractivity contribution in [2.24, 2.45) is 0 Å². The number of anilines is 1. The van der Waals surface area contributed by atoms with E-state index >= 15 is 0 Å². The number of piperidine rings is 1. The van der Waals surface area contributed by atoms with Crippen molar-refractivity contribution in [2.45, 2.75) is 79.1 Å². The summed E-state index contributed by atoms with van der Waals surface area (Å²) in [5.74, 6) is -0.814. The maximum absolute atomic E-state index is 14.7. The molecule has 6 nitrogen and oxygen atoms in total. The van der Waals surface area contributed by atoms with Gasteiger partial charge in [0.15, 0.2) is 0 Å². The van der Waals surface area contributed by atoms with E-state index in [2.05, 4.69) is 47.9 Å². The highest BCUT2D eigenvalue weighted by Gasteiger charge is 2.32. The van der Waals surface area contributed by atoms with Crippen molar-refractivity contribution in [1.82, 2.24) is 15.2 Å². The zero-order chi connectivity index (χ0) is 24.4. The van der Waals surface area contributed by atoms with Gasteiger partial charge in [0.05, 0.1) is 0 Å². The second-order valence-electron chi connectivity index (χ2n) is 9.50. The second kappa shape index (κ2) is 10.1. The molecule has 1 aromatic carbocycles. The van der Waals surface area contributed by atoms with Gasteiger partial charge < -0.3 is 20.1 Å². The SMILES string of the molecule is CCN(c1cc(F)cc(C(=O)NCc2c(C)cc(C)[nH]c2=O)c1C)C1CC(C)N(C)C(C)C1. The van der Waals surface area contributed by atoms with E-state index in [1.165, 1.54) is 12.1 Å². The Kier molecular flexibility index (Phi) is 7.62. The highest BCUT2D eigenvalue weighted by atomic mass is 19.1. The van der Waals surface area contributed by atoms with E-state index in [4.69, 9.17) is 0 Å². The van der Waals surface area contributed by atoms with Crippen LogP contribution in [0.3, 0.4) is 0 Å². The number of aryl methyl sites for hydroxylation is 2. The number of carbonyl (C=O) groups excluding carboxylic acids is 1. The molecular weight excluding hydrogens is 419 g/mol. The third-order valence-corrected chi connectivity index (χ3v) is 7.22. The van der Waals surface area contributed by atoms with Gasteiger partial charge in [-0.25, -0.2) is 4.39 Å². The molecule has 0 spiro atoms. The maximum atomic E-state index is 14.7. The molecule has 2 atom stereocenters. The topological polar surface area (TPSA) is 68.4 Å². The van der Waals surface area contributed by atoms with Gasteiger partial charge in [-0.3, -0.25) is 9.59 Å². The van der Waals surface area contributed by atoms with Crippen molar-refractivity contribution >= 4 is 11.6 Å². The number of aromatic amines is 1. The van der Waals surface area contributed by atoms with Crippen LogP contribution in [0.25, 0.3) is 0 Å². The molecule has 33 heavy (non-hydrogen) atoms. The molecule has 1 saturated heterocycles. The third kappa shape index (κ3) is 5.29. The van der Waals surface area contributed by atoms with E-state index in [0.717, 1.165) is 41.9 Å². The first-order valence-corrected chi connectivity index (χ1v) is 11.8. The van der Waals surface area contributed by atoms with Crippen molar-refractivity contribution in [3.05, 3.63) is 62.3 Å². The first-order chi connectivity index (χ1) is 15.5. The summed E-state index contributed by atoms with van der Waals surface area (Å²) >= 11 is 0. The van der Waals surface area contributed by atoms with Crippen molar-refractivity contribution in [3.63, 3.8) is 0 Å². The Hall–Kier alpha value is -2.67. The smallest absolute Gasteiger partial charge is 0.253 e. The molecule has 1 aliphatic rings. The number of halogens is 1. The molecule has 2 aromatic rings.